The molecule has 0 aromatic heterocycles. The third kappa shape index (κ3) is 4.84. The fourth-order valence-electron chi connectivity index (χ4n) is 6.97. The minimum atomic E-state index is -1.23. The molecule has 6 nitrogen and oxygen atoms in total. The highest BCUT2D eigenvalue weighted by Crippen LogP contribution is 2.42. The van der Waals surface area contributed by atoms with E-state index in [4.69, 9.17) is 5.73 Å². The molecule has 2 aliphatic heterocycles. The average Bonchev–Trinajstić information content (AvgIpc) is 2.77. The summed E-state index contributed by atoms with van der Waals surface area (Å²) >= 11 is 0. The van der Waals surface area contributed by atoms with Crippen LogP contribution in [0.3, 0.4) is 0 Å². The minimum Gasteiger partial charge on any atom is -0.427 e. The molecule has 6 atom stereocenters. The Labute approximate surface area is 176 Å². The number of hydrogen-bond acceptors (Lipinski definition) is 5. The average molecular weight is 405 g/mol. The number of hydrogen-bond donors (Lipinski definition) is 4. The SMILES string of the molecule is NCC1CCCC(C2CCN(C(=O)C3CCC4C(CCCC4B(O)O)N3)CC2)C1. The van der Waals surface area contributed by atoms with Gasteiger partial charge in [0.15, 0.2) is 0 Å². The van der Waals surface area contributed by atoms with Crippen LogP contribution in [-0.2, 0) is 4.79 Å². The molecular weight excluding hydrogens is 365 g/mol. The van der Waals surface area contributed by atoms with Gasteiger partial charge in [-0.3, -0.25) is 4.79 Å². The second kappa shape index (κ2) is 9.67. The lowest BCUT2D eigenvalue weighted by Gasteiger charge is -2.46. The fourth-order valence-corrected chi connectivity index (χ4v) is 6.97. The van der Waals surface area contributed by atoms with Gasteiger partial charge in [0, 0.05) is 19.1 Å². The van der Waals surface area contributed by atoms with E-state index >= 15 is 0 Å². The summed E-state index contributed by atoms with van der Waals surface area (Å²) < 4.78 is 0. The number of nitrogens with two attached hydrogens (primary N) is 1. The molecule has 0 spiro atoms. The second-order valence-electron chi connectivity index (χ2n) is 10.3. The number of nitrogens with one attached hydrogen (secondary N) is 1. The molecule has 2 saturated heterocycles. The number of fused-ring (bicyclic) bond motifs is 1. The second-order valence-corrected chi connectivity index (χ2v) is 10.3. The summed E-state index contributed by atoms with van der Waals surface area (Å²) in [4.78, 5) is 15.3. The smallest absolute Gasteiger partial charge is 0.427 e. The Morgan fingerprint density at radius 3 is 2.45 bits per heavy atom. The molecule has 6 unspecified atom stereocenters. The van der Waals surface area contributed by atoms with E-state index in [-0.39, 0.29) is 23.8 Å². The van der Waals surface area contributed by atoms with Crippen LogP contribution in [0.1, 0.15) is 70.6 Å². The van der Waals surface area contributed by atoms with Crippen molar-refractivity contribution in [2.24, 2.45) is 29.4 Å². The molecule has 4 aliphatic rings. The van der Waals surface area contributed by atoms with Gasteiger partial charge in [0.05, 0.1) is 6.04 Å². The van der Waals surface area contributed by atoms with Gasteiger partial charge in [0.1, 0.15) is 0 Å². The van der Waals surface area contributed by atoms with Gasteiger partial charge in [-0.1, -0.05) is 25.7 Å². The highest BCUT2D eigenvalue weighted by atomic mass is 16.4. The Hall–Kier alpha value is -0.625. The molecule has 4 rings (SSSR count). The van der Waals surface area contributed by atoms with E-state index in [1.54, 1.807) is 0 Å². The quantitative estimate of drug-likeness (QED) is 0.535. The topological polar surface area (TPSA) is 98.8 Å². The van der Waals surface area contributed by atoms with Crippen molar-refractivity contribution in [1.29, 1.82) is 0 Å². The third-order valence-electron chi connectivity index (χ3n) is 8.68. The molecule has 0 aromatic carbocycles. The molecule has 0 radical (unpaired) electrons. The molecule has 2 heterocycles. The first kappa shape index (κ1) is 21.6. The van der Waals surface area contributed by atoms with Gasteiger partial charge in [0.2, 0.25) is 5.91 Å². The van der Waals surface area contributed by atoms with E-state index in [1.807, 2.05) is 0 Å². The first-order valence-corrected chi connectivity index (χ1v) is 12.2. The summed E-state index contributed by atoms with van der Waals surface area (Å²) in [6.45, 7) is 2.63. The Morgan fingerprint density at radius 1 is 0.966 bits per heavy atom. The van der Waals surface area contributed by atoms with Crippen LogP contribution in [0.2, 0.25) is 5.82 Å². The number of rotatable bonds is 4. The molecule has 29 heavy (non-hydrogen) atoms. The predicted molar refractivity (Wildman–Crippen MR) is 115 cm³/mol. The molecule has 5 N–H and O–H groups in total. The van der Waals surface area contributed by atoms with Crippen LogP contribution in [0.5, 0.6) is 0 Å². The van der Waals surface area contributed by atoms with E-state index in [0.29, 0.717) is 11.8 Å². The van der Waals surface area contributed by atoms with Gasteiger partial charge in [-0.15, -0.1) is 0 Å². The summed E-state index contributed by atoms with van der Waals surface area (Å²) in [5.41, 5.74) is 5.92. The monoisotopic (exact) mass is 405 g/mol. The van der Waals surface area contributed by atoms with Gasteiger partial charge in [0.25, 0.3) is 0 Å². The maximum atomic E-state index is 13.2. The highest BCUT2D eigenvalue weighted by Gasteiger charge is 2.44. The van der Waals surface area contributed by atoms with Crippen molar-refractivity contribution in [3.05, 3.63) is 0 Å². The first-order valence-electron chi connectivity index (χ1n) is 12.2. The summed E-state index contributed by atoms with van der Waals surface area (Å²) in [5, 5.41) is 23.0. The predicted octanol–water partition coefficient (Wildman–Crippen LogP) is 1.75. The molecule has 2 saturated carbocycles. The van der Waals surface area contributed by atoms with Crippen molar-refractivity contribution in [2.75, 3.05) is 19.6 Å². The zero-order chi connectivity index (χ0) is 20.4. The lowest BCUT2D eigenvalue weighted by Crippen LogP contribution is -2.58. The lowest BCUT2D eigenvalue weighted by molar-refractivity contribution is -0.136. The number of amides is 1. The normalized spacial score (nSPS) is 39.1. The minimum absolute atomic E-state index is 0.0408. The molecule has 4 fully saturated rings. The number of carbonyl (C=O) groups excluding carboxylic acids is 1. The van der Waals surface area contributed by atoms with Crippen molar-refractivity contribution in [3.8, 4) is 0 Å². The van der Waals surface area contributed by atoms with E-state index in [0.717, 1.165) is 76.4 Å². The maximum absolute atomic E-state index is 13.2. The zero-order valence-electron chi connectivity index (χ0n) is 17.8. The third-order valence-corrected chi connectivity index (χ3v) is 8.68. The first-order chi connectivity index (χ1) is 14.1. The van der Waals surface area contributed by atoms with Crippen molar-refractivity contribution >= 4 is 13.0 Å². The zero-order valence-corrected chi connectivity index (χ0v) is 17.8. The molecule has 0 aromatic rings. The van der Waals surface area contributed by atoms with Crippen LogP contribution in [-0.4, -0.2) is 59.7 Å². The molecular formula is C22H40BN3O3. The Kier molecular flexibility index (Phi) is 7.20. The maximum Gasteiger partial charge on any atom is 0.455 e. The molecule has 7 heteroatoms. The van der Waals surface area contributed by atoms with Gasteiger partial charge >= 0.3 is 7.12 Å². The largest absolute Gasteiger partial charge is 0.455 e. The summed E-state index contributed by atoms with van der Waals surface area (Å²) in [5.74, 6) is 2.82. The Bertz CT molecular complexity index is 555. The molecule has 0 bridgehead atoms. The number of likely N-dealkylation sites (tertiary alicyclic amines) is 1. The van der Waals surface area contributed by atoms with Crippen molar-refractivity contribution in [3.63, 3.8) is 0 Å². The van der Waals surface area contributed by atoms with Crippen LogP contribution in [0.25, 0.3) is 0 Å². The molecule has 164 valence electrons. The van der Waals surface area contributed by atoms with Gasteiger partial charge in [-0.05, 0) is 81.0 Å². The van der Waals surface area contributed by atoms with Crippen LogP contribution in [0, 0.1) is 23.7 Å². The number of piperidine rings is 2. The summed E-state index contributed by atoms with van der Waals surface area (Å²) in [6, 6.07) is 0.171. The Balaban J connectivity index is 1.27. The van der Waals surface area contributed by atoms with Crippen molar-refractivity contribution in [1.82, 2.24) is 10.2 Å². The number of carbonyl (C=O) groups is 1. The summed E-state index contributed by atoms with van der Waals surface area (Å²) in [7, 11) is -1.23. The number of nitrogens with zero attached hydrogens (tertiary/aromatic N) is 1. The van der Waals surface area contributed by atoms with E-state index in [2.05, 4.69) is 10.2 Å². The van der Waals surface area contributed by atoms with Crippen LogP contribution in [0.15, 0.2) is 0 Å². The van der Waals surface area contributed by atoms with Gasteiger partial charge in [-0.25, -0.2) is 0 Å². The van der Waals surface area contributed by atoms with Crippen LogP contribution >= 0.6 is 0 Å². The summed E-state index contributed by atoms with van der Waals surface area (Å²) in [6.07, 6.45) is 12.2. The highest BCUT2D eigenvalue weighted by molar-refractivity contribution is 6.43. The standard InChI is InChI=1S/C22H40BN3O3/c24-14-15-3-1-4-17(13-15)16-9-11-26(12-10-16)22(27)21-8-7-18-19(23(28)29)5-2-6-20(18)25-21/h15-21,25,28-29H,1-14,24H2. The van der Waals surface area contributed by atoms with Crippen LogP contribution < -0.4 is 11.1 Å². The van der Waals surface area contributed by atoms with Gasteiger partial charge < -0.3 is 26.0 Å². The van der Waals surface area contributed by atoms with Crippen molar-refractivity contribution in [2.45, 2.75) is 88.5 Å². The van der Waals surface area contributed by atoms with E-state index < -0.39 is 7.12 Å². The van der Waals surface area contributed by atoms with Crippen LogP contribution in [0.4, 0.5) is 0 Å². The lowest BCUT2D eigenvalue weighted by atomic mass is 9.56. The molecule has 1 amide bonds. The van der Waals surface area contributed by atoms with Crippen molar-refractivity contribution < 1.29 is 14.8 Å². The molecule has 2 aliphatic carbocycles. The van der Waals surface area contributed by atoms with E-state index in [1.165, 1.54) is 25.7 Å². The van der Waals surface area contributed by atoms with Gasteiger partial charge in [-0.2, -0.15) is 0 Å². The van der Waals surface area contributed by atoms with E-state index in [9.17, 15) is 14.8 Å². The fraction of sp³-hybridized carbons (Fsp3) is 0.955. The Morgan fingerprint density at radius 2 is 1.72 bits per heavy atom.